The highest BCUT2D eigenvalue weighted by Gasteiger charge is 2.46. The first-order valence-electron chi connectivity index (χ1n) is 9.42. The maximum Gasteiger partial charge on any atom is 0.312 e. The van der Waals surface area contributed by atoms with Gasteiger partial charge in [0.25, 0.3) is 0 Å². The molecule has 158 valence electrons. The number of rotatable bonds is 7. The molecule has 6 heteroatoms. The molecule has 2 atom stereocenters. The van der Waals surface area contributed by atoms with Crippen LogP contribution < -0.4 is 0 Å². The minimum Gasteiger partial charge on any atom is -0.474 e. The Morgan fingerprint density at radius 1 is 1.36 bits per heavy atom. The quantitative estimate of drug-likeness (QED) is 0.266. The number of esters is 1. The summed E-state index contributed by atoms with van der Waals surface area (Å²) in [4.78, 5) is 14.7. The molecule has 0 saturated carbocycles. The summed E-state index contributed by atoms with van der Waals surface area (Å²) in [6.45, 7) is 18.2. The van der Waals surface area contributed by atoms with Crippen LogP contribution in [0.15, 0.2) is 47.1 Å². The van der Waals surface area contributed by atoms with Crippen molar-refractivity contribution in [1.82, 2.24) is 4.90 Å². The minimum atomic E-state index is -0.817. The minimum absolute atomic E-state index is 0.00720. The van der Waals surface area contributed by atoms with Crippen molar-refractivity contribution in [1.29, 1.82) is 0 Å². The summed E-state index contributed by atoms with van der Waals surface area (Å²) in [5, 5.41) is 0. The normalized spacial score (nSPS) is 24.0. The van der Waals surface area contributed by atoms with Crippen LogP contribution in [0, 0.1) is 5.41 Å². The first-order valence-corrected chi connectivity index (χ1v) is 10.2. The highest BCUT2D eigenvalue weighted by Crippen LogP contribution is 2.43. The van der Waals surface area contributed by atoms with Crippen molar-refractivity contribution in [2.24, 2.45) is 5.41 Å². The van der Waals surface area contributed by atoms with E-state index in [9.17, 15) is 9.18 Å². The lowest BCUT2D eigenvalue weighted by Crippen LogP contribution is -2.49. The second kappa shape index (κ2) is 9.77. The fourth-order valence-electron chi connectivity index (χ4n) is 3.55. The summed E-state index contributed by atoms with van der Waals surface area (Å²) >= 11 is 3.26. The number of allylic oxidation sites excluding steroid dienone is 5. The molecule has 0 unspecified atom stereocenters. The van der Waals surface area contributed by atoms with Gasteiger partial charge in [-0.15, -0.1) is 0 Å². The molecule has 0 aromatic carbocycles. The number of hydrogen-bond acceptors (Lipinski definition) is 4. The van der Waals surface area contributed by atoms with E-state index >= 15 is 0 Å². The van der Waals surface area contributed by atoms with Gasteiger partial charge in [0, 0.05) is 12.6 Å². The van der Waals surface area contributed by atoms with Crippen LogP contribution in [-0.4, -0.2) is 36.2 Å². The van der Waals surface area contributed by atoms with Gasteiger partial charge in [-0.2, -0.15) is 0 Å². The van der Waals surface area contributed by atoms with Gasteiger partial charge in [-0.1, -0.05) is 22.5 Å². The van der Waals surface area contributed by atoms with E-state index in [1.165, 1.54) is 13.2 Å². The molecule has 1 rings (SSSR count). The number of methoxy groups -OCH3 is 1. The van der Waals surface area contributed by atoms with E-state index in [0.29, 0.717) is 30.8 Å². The fourth-order valence-corrected chi connectivity index (χ4v) is 3.68. The highest BCUT2D eigenvalue weighted by atomic mass is 79.9. The van der Waals surface area contributed by atoms with Crippen LogP contribution in [0.3, 0.4) is 0 Å². The molecule has 4 nitrogen and oxygen atoms in total. The van der Waals surface area contributed by atoms with Gasteiger partial charge >= 0.3 is 5.97 Å². The molecule has 0 aromatic heterocycles. The third-order valence-corrected chi connectivity index (χ3v) is 5.03. The largest absolute Gasteiger partial charge is 0.474 e. The van der Waals surface area contributed by atoms with Crippen LogP contribution in [0.1, 0.15) is 53.9 Å². The van der Waals surface area contributed by atoms with Crippen LogP contribution in [0.2, 0.25) is 0 Å². The van der Waals surface area contributed by atoms with E-state index in [1.54, 1.807) is 6.08 Å². The lowest BCUT2D eigenvalue weighted by Gasteiger charge is -2.46. The maximum absolute atomic E-state index is 14.4. The molecule has 1 aliphatic heterocycles. The van der Waals surface area contributed by atoms with Crippen LogP contribution in [0.25, 0.3) is 0 Å². The zero-order chi connectivity index (χ0) is 21.7. The molecule has 0 aliphatic carbocycles. The molecular weight excluding hydrogens is 425 g/mol. The van der Waals surface area contributed by atoms with Crippen molar-refractivity contribution < 1.29 is 18.7 Å². The van der Waals surface area contributed by atoms with Gasteiger partial charge in [-0.3, -0.25) is 4.79 Å². The van der Waals surface area contributed by atoms with E-state index in [0.717, 1.165) is 4.48 Å². The van der Waals surface area contributed by atoms with Crippen molar-refractivity contribution in [2.45, 2.75) is 65.5 Å². The van der Waals surface area contributed by atoms with E-state index < -0.39 is 11.2 Å². The van der Waals surface area contributed by atoms with Gasteiger partial charge < -0.3 is 14.4 Å². The zero-order valence-electron chi connectivity index (χ0n) is 17.9. The van der Waals surface area contributed by atoms with Gasteiger partial charge in [0.05, 0.1) is 12.5 Å². The average molecular weight is 458 g/mol. The molecule has 1 aliphatic rings. The molecule has 0 aromatic rings. The van der Waals surface area contributed by atoms with E-state index in [1.807, 2.05) is 34.6 Å². The summed E-state index contributed by atoms with van der Waals surface area (Å²) in [7, 11) is 1.37. The van der Waals surface area contributed by atoms with Gasteiger partial charge in [0.1, 0.15) is 11.4 Å². The standard InChI is InChI=1S/C22H33BrFNO3/c1-15(19(24)10-9-16(2)23)13-22(20(26)27-8)11-12-25(17(3)14-22)18(4)28-21(5,6)7/h9-10,17H,1,4,11-14H2,2-3,5-8H3/b16-9+,19-10+/t17-,22+/m1/s1. The Morgan fingerprint density at radius 3 is 2.43 bits per heavy atom. The van der Waals surface area contributed by atoms with Gasteiger partial charge in [0.2, 0.25) is 0 Å². The summed E-state index contributed by atoms with van der Waals surface area (Å²) in [6, 6.07) is -0.00720. The second-order valence-electron chi connectivity index (χ2n) is 8.42. The van der Waals surface area contributed by atoms with E-state index in [2.05, 4.69) is 34.0 Å². The SMILES string of the molecule is C=C(C[C@@]1(C(=O)OC)CCN(C(=C)OC(C)(C)C)[C@H](C)C1)/C(F)=C\C=C(/C)Br. The van der Waals surface area contributed by atoms with Crippen LogP contribution in [0.4, 0.5) is 4.39 Å². The third kappa shape index (κ3) is 6.80. The maximum atomic E-state index is 14.4. The van der Waals surface area contributed by atoms with Gasteiger partial charge in [-0.25, -0.2) is 4.39 Å². The number of nitrogens with zero attached hydrogens (tertiary/aromatic N) is 1. The van der Waals surface area contributed by atoms with Crippen molar-refractivity contribution in [3.05, 3.63) is 47.1 Å². The molecule has 0 spiro atoms. The molecule has 0 radical (unpaired) electrons. The van der Waals surface area contributed by atoms with Crippen molar-refractivity contribution in [3.8, 4) is 0 Å². The number of likely N-dealkylation sites (tertiary alicyclic amines) is 1. The van der Waals surface area contributed by atoms with Crippen LogP contribution in [-0.2, 0) is 14.3 Å². The topological polar surface area (TPSA) is 38.8 Å². The van der Waals surface area contributed by atoms with Crippen molar-refractivity contribution >= 4 is 21.9 Å². The van der Waals surface area contributed by atoms with E-state index in [-0.39, 0.29) is 24.0 Å². The highest BCUT2D eigenvalue weighted by molar-refractivity contribution is 9.11. The number of halogens is 2. The predicted molar refractivity (Wildman–Crippen MR) is 115 cm³/mol. The zero-order valence-corrected chi connectivity index (χ0v) is 19.5. The van der Waals surface area contributed by atoms with Crippen molar-refractivity contribution in [2.75, 3.05) is 13.7 Å². The summed E-state index contributed by atoms with van der Waals surface area (Å²) in [5.41, 5.74) is -0.875. The molecule has 1 fully saturated rings. The molecule has 0 bridgehead atoms. The average Bonchev–Trinajstić information content (AvgIpc) is 2.56. The third-order valence-electron chi connectivity index (χ3n) is 4.76. The lowest BCUT2D eigenvalue weighted by molar-refractivity contribution is -0.158. The molecule has 1 saturated heterocycles. The molecule has 0 N–H and O–H groups in total. The molecule has 1 heterocycles. The first kappa shape index (κ1) is 24.5. The Bertz CT molecular complexity index is 674. The van der Waals surface area contributed by atoms with Gasteiger partial charge in [0.15, 0.2) is 5.88 Å². The number of carbonyl (C=O) groups is 1. The number of carbonyl (C=O) groups excluding carboxylic acids is 1. The Balaban J connectivity index is 3.01. The first-order chi connectivity index (χ1) is 12.8. The molecule has 0 amide bonds. The van der Waals surface area contributed by atoms with Gasteiger partial charge in [-0.05, 0) is 82.7 Å². The van der Waals surface area contributed by atoms with Crippen LogP contribution in [0.5, 0.6) is 0 Å². The molecule has 28 heavy (non-hydrogen) atoms. The van der Waals surface area contributed by atoms with Crippen LogP contribution >= 0.6 is 15.9 Å². The summed E-state index contributed by atoms with van der Waals surface area (Å²) in [5.74, 6) is -0.179. The Morgan fingerprint density at radius 2 is 1.96 bits per heavy atom. The fraction of sp³-hybridized carbons (Fsp3) is 0.591. The second-order valence-corrected chi connectivity index (χ2v) is 9.68. The lowest BCUT2D eigenvalue weighted by atomic mass is 9.71. The smallest absolute Gasteiger partial charge is 0.312 e. The number of hydrogen-bond donors (Lipinski definition) is 0. The van der Waals surface area contributed by atoms with Crippen molar-refractivity contribution in [3.63, 3.8) is 0 Å². The number of ether oxygens (including phenoxy) is 2. The summed E-state index contributed by atoms with van der Waals surface area (Å²) < 4.78 is 26.2. The predicted octanol–water partition coefficient (Wildman–Crippen LogP) is 6.01. The Labute approximate surface area is 177 Å². The molecular formula is C22H33BrFNO3. The Hall–Kier alpha value is -1.56. The summed E-state index contributed by atoms with van der Waals surface area (Å²) in [6.07, 6.45) is 4.20. The van der Waals surface area contributed by atoms with E-state index in [4.69, 9.17) is 9.47 Å². The number of piperidine rings is 1. The Kier molecular flexibility index (Phi) is 8.54. The monoisotopic (exact) mass is 457 g/mol.